The first kappa shape index (κ1) is 20.5. The Kier molecular flexibility index (Phi) is 4.86. The van der Waals surface area contributed by atoms with Gasteiger partial charge in [0.25, 0.3) is 5.91 Å². The van der Waals surface area contributed by atoms with Gasteiger partial charge in [0.1, 0.15) is 23.6 Å². The lowest BCUT2D eigenvalue weighted by Crippen LogP contribution is -2.24. The van der Waals surface area contributed by atoms with Crippen molar-refractivity contribution in [3.8, 4) is 28.4 Å². The molecule has 0 bridgehead atoms. The highest BCUT2D eigenvalue weighted by Crippen LogP contribution is 2.39. The van der Waals surface area contributed by atoms with Crippen molar-refractivity contribution >= 4 is 11.7 Å². The van der Waals surface area contributed by atoms with Gasteiger partial charge in [-0.25, -0.2) is 4.98 Å². The zero-order valence-corrected chi connectivity index (χ0v) is 19.0. The summed E-state index contributed by atoms with van der Waals surface area (Å²) in [6.07, 6.45) is 7.54. The SMILES string of the molecule is CC(C)Oc1cc2c(cc1-c1cccnc1)C(=O)N(c1cccc(-c3nncn3C3CC3)n1)C2. The minimum Gasteiger partial charge on any atom is -0.490 e. The van der Waals surface area contributed by atoms with Crippen molar-refractivity contribution in [2.75, 3.05) is 4.90 Å². The third-order valence-corrected chi connectivity index (χ3v) is 6.10. The summed E-state index contributed by atoms with van der Waals surface area (Å²) in [5.41, 5.74) is 4.05. The van der Waals surface area contributed by atoms with Crippen molar-refractivity contribution in [3.63, 3.8) is 0 Å². The molecule has 1 fully saturated rings. The van der Waals surface area contributed by atoms with Crippen LogP contribution in [-0.2, 0) is 6.54 Å². The van der Waals surface area contributed by atoms with E-state index in [-0.39, 0.29) is 12.0 Å². The van der Waals surface area contributed by atoms with Crippen LogP contribution in [0.4, 0.5) is 5.82 Å². The minimum absolute atomic E-state index is 0.00356. The Labute approximate surface area is 197 Å². The summed E-state index contributed by atoms with van der Waals surface area (Å²) < 4.78 is 8.19. The van der Waals surface area contributed by atoms with Gasteiger partial charge in [-0.15, -0.1) is 10.2 Å². The number of hydrogen-bond acceptors (Lipinski definition) is 6. The second-order valence-corrected chi connectivity index (χ2v) is 8.98. The van der Waals surface area contributed by atoms with Crippen LogP contribution in [0.2, 0.25) is 0 Å². The van der Waals surface area contributed by atoms with Crippen LogP contribution in [0.5, 0.6) is 5.75 Å². The fourth-order valence-electron chi connectivity index (χ4n) is 4.37. The minimum atomic E-state index is -0.0791. The van der Waals surface area contributed by atoms with E-state index in [2.05, 4.69) is 19.7 Å². The predicted octanol–water partition coefficient (Wildman–Crippen LogP) is 4.68. The molecular weight excluding hydrogens is 428 g/mol. The Balaban J connectivity index is 1.37. The first-order valence-corrected chi connectivity index (χ1v) is 11.5. The third kappa shape index (κ3) is 3.61. The number of hydrogen-bond donors (Lipinski definition) is 0. The van der Waals surface area contributed by atoms with Gasteiger partial charge < -0.3 is 9.30 Å². The van der Waals surface area contributed by atoms with E-state index in [0.29, 0.717) is 29.7 Å². The number of anilines is 1. The van der Waals surface area contributed by atoms with Gasteiger partial charge in [0.05, 0.1) is 12.6 Å². The lowest BCUT2D eigenvalue weighted by molar-refractivity contribution is 0.0996. The smallest absolute Gasteiger partial charge is 0.260 e. The van der Waals surface area contributed by atoms with Crippen molar-refractivity contribution < 1.29 is 9.53 Å². The molecule has 0 N–H and O–H groups in total. The largest absolute Gasteiger partial charge is 0.490 e. The second-order valence-electron chi connectivity index (χ2n) is 8.98. The van der Waals surface area contributed by atoms with E-state index in [1.165, 1.54) is 0 Å². The van der Waals surface area contributed by atoms with Gasteiger partial charge in [0.2, 0.25) is 0 Å². The molecule has 8 nitrogen and oxygen atoms in total. The van der Waals surface area contributed by atoms with Crippen LogP contribution < -0.4 is 9.64 Å². The fraction of sp³-hybridized carbons (Fsp3) is 0.269. The lowest BCUT2D eigenvalue weighted by Gasteiger charge is -2.15. The Morgan fingerprint density at radius 1 is 1.09 bits per heavy atom. The molecule has 0 spiro atoms. The van der Waals surface area contributed by atoms with Gasteiger partial charge in [0, 0.05) is 35.1 Å². The summed E-state index contributed by atoms with van der Waals surface area (Å²) in [7, 11) is 0. The maximum atomic E-state index is 13.5. The third-order valence-electron chi connectivity index (χ3n) is 6.10. The molecule has 0 saturated heterocycles. The van der Waals surface area contributed by atoms with Crippen molar-refractivity contribution in [3.05, 3.63) is 72.3 Å². The normalized spacial score (nSPS) is 15.1. The first-order valence-electron chi connectivity index (χ1n) is 11.5. The number of ether oxygens (including phenoxy) is 1. The maximum absolute atomic E-state index is 13.5. The van der Waals surface area contributed by atoms with Crippen LogP contribution >= 0.6 is 0 Å². The molecule has 1 amide bonds. The zero-order valence-electron chi connectivity index (χ0n) is 19.0. The molecule has 34 heavy (non-hydrogen) atoms. The summed E-state index contributed by atoms with van der Waals surface area (Å²) in [5, 5.41) is 8.36. The Morgan fingerprint density at radius 2 is 1.97 bits per heavy atom. The van der Waals surface area contributed by atoms with Crippen LogP contribution in [0.25, 0.3) is 22.6 Å². The van der Waals surface area contributed by atoms with Crippen molar-refractivity contribution in [2.24, 2.45) is 0 Å². The number of fused-ring (bicyclic) bond motifs is 1. The van der Waals surface area contributed by atoms with Crippen LogP contribution in [0.15, 0.2) is 61.2 Å². The maximum Gasteiger partial charge on any atom is 0.260 e. The number of amides is 1. The average molecular weight is 453 g/mol. The number of carbonyl (C=O) groups excluding carboxylic acids is 1. The molecule has 170 valence electrons. The molecule has 3 aromatic heterocycles. The van der Waals surface area contributed by atoms with E-state index >= 15 is 0 Å². The van der Waals surface area contributed by atoms with E-state index in [1.54, 1.807) is 23.6 Å². The molecule has 1 aliphatic carbocycles. The van der Waals surface area contributed by atoms with Crippen LogP contribution in [0, 0.1) is 0 Å². The molecule has 1 aliphatic heterocycles. The molecule has 1 saturated carbocycles. The second kappa shape index (κ2) is 8.06. The number of aromatic nitrogens is 5. The number of carbonyl (C=O) groups is 1. The van der Waals surface area contributed by atoms with Crippen LogP contribution in [0.3, 0.4) is 0 Å². The molecule has 6 rings (SSSR count). The molecule has 2 aliphatic rings. The van der Waals surface area contributed by atoms with Gasteiger partial charge in [-0.05, 0) is 62.6 Å². The molecule has 0 atom stereocenters. The Bertz CT molecular complexity index is 1380. The molecule has 1 aromatic carbocycles. The highest BCUT2D eigenvalue weighted by atomic mass is 16.5. The van der Waals surface area contributed by atoms with E-state index in [9.17, 15) is 4.79 Å². The molecule has 8 heteroatoms. The summed E-state index contributed by atoms with van der Waals surface area (Å²) >= 11 is 0. The molecule has 0 unspecified atom stereocenters. The monoisotopic (exact) mass is 452 g/mol. The van der Waals surface area contributed by atoms with Crippen molar-refractivity contribution in [2.45, 2.75) is 45.4 Å². The number of benzene rings is 1. The van der Waals surface area contributed by atoms with E-state index < -0.39 is 0 Å². The van der Waals surface area contributed by atoms with Gasteiger partial charge in [-0.2, -0.15) is 0 Å². The van der Waals surface area contributed by atoms with Gasteiger partial charge in [0.15, 0.2) is 5.82 Å². The molecule has 4 aromatic rings. The lowest BCUT2D eigenvalue weighted by atomic mass is 10.00. The Morgan fingerprint density at radius 3 is 2.74 bits per heavy atom. The predicted molar refractivity (Wildman–Crippen MR) is 127 cm³/mol. The molecule has 0 radical (unpaired) electrons. The van der Waals surface area contributed by atoms with Crippen LogP contribution in [0.1, 0.15) is 48.7 Å². The van der Waals surface area contributed by atoms with E-state index in [1.807, 2.05) is 56.3 Å². The van der Waals surface area contributed by atoms with Gasteiger partial charge in [-0.1, -0.05) is 12.1 Å². The quantitative estimate of drug-likeness (QED) is 0.422. The van der Waals surface area contributed by atoms with E-state index in [0.717, 1.165) is 41.1 Å². The summed E-state index contributed by atoms with van der Waals surface area (Å²) in [5.74, 6) is 2.00. The number of rotatable bonds is 6. The fourth-order valence-corrected chi connectivity index (χ4v) is 4.37. The summed E-state index contributed by atoms with van der Waals surface area (Å²) in [4.78, 5) is 24.2. The van der Waals surface area contributed by atoms with Crippen LogP contribution in [-0.4, -0.2) is 36.7 Å². The van der Waals surface area contributed by atoms with Crippen molar-refractivity contribution in [1.82, 2.24) is 24.7 Å². The number of nitrogens with zero attached hydrogens (tertiary/aromatic N) is 6. The molecule has 4 heterocycles. The topological polar surface area (TPSA) is 86.0 Å². The highest BCUT2D eigenvalue weighted by molar-refractivity contribution is 6.10. The standard InChI is InChI=1S/C26H24N6O2/c1-16(2)34-23-11-18-14-31(26(33)21(18)12-20(23)17-5-4-10-27-13-17)24-7-3-6-22(29-24)25-30-28-15-32(25)19-8-9-19/h3-7,10-13,15-16,19H,8-9,14H2,1-2H3. The highest BCUT2D eigenvalue weighted by Gasteiger charge is 2.32. The zero-order chi connectivity index (χ0) is 23.2. The number of pyridine rings is 2. The first-order chi connectivity index (χ1) is 16.6. The molecular formula is C26H24N6O2. The van der Waals surface area contributed by atoms with Crippen molar-refractivity contribution in [1.29, 1.82) is 0 Å². The van der Waals surface area contributed by atoms with Gasteiger partial charge in [-0.3, -0.25) is 14.7 Å². The summed E-state index contributed by atoms with van der Waals surface area (Å²) in [6.45, 7) is 4.42. The summed E-state index contributed by atoms with van der Waals surface area (Å²) in [6, 6.07) is 13.9. The van der Waals surface area contributed by atoms with E-state index in [4.69, 9.17) is 9.72 Å². The Hall–Kier alpha value is -4.07. The van der Waals surface area contributed by atoms with Gasteiger partial charge >= 0.3 is 0 Å². The average Bonchev–Trinajstić information content (AvgIpc) is 3.48.